The molecule has 1 atom stereocenters. The lowest BCUT2D eigenvalue weighted by molar-refractivity contribution is 0.0947. The first-order valence-corrected chi connectivity index (χ1v) is 10.2. The first-order valence-electron chi connectivity index (χ1n) is 8.45. The van der Waals surface area contributed by atoms with Crippen LogP contribution in [0.15, 0.2) is 41.1 Å². The van der Waals surface area contributed by atoms with E-state index >= 15 is 0 Å². The summed E-state index contributed by atoms with van der Waals surface area (Å²) in [5, 5.41) is 17.2. The average molecular weight is 420 g/mol. The first kappa shape index (κ1) is 20.2. The molecule has 1 unspecified atom stereocenters. The third-order valence-corrected chi connectivity index (χ3v) is 6.02. The van der Waals surface area contributed by atoms with Gasteiger partial charge in [0.15, 0.2) is 11.5 Å². The van der Waals surface area contributed by atoms with Crippen LogP contribution in [0.1, 0.15) is 31.8 Å². The lowest BCUT2D eigenvalue weighted by Crippen LogP contribution is -2.23. The van der Waals surface area contributed by atoms with E-state index in [0.29, 0.717) is 29.4 Å². The Hall–Kier alpha value is -2.55. The fraction of sp³-hybridized carbons (Fsp3) is 0.250. The van der Waals surface area contributed by atoms with Gasteiger partial charge < -0.3 is 24.6 Å². The average Bonchev–Trinajstić information content (AvgIpc) is 3.42. The summed E-state index contributed by atoms with van der Waals surface area (Å²) in [5.41, 5.74) is 1.23. The van der Waals surface area contributed by atoms with E-state index in [0.717, 1.165) is 15.3 Å². The number of benzene rings is 1. The van der Waals surface area contributed by atoms with Crippen LogP contribution in [0, 0.1) is 0 Å². The minimum absolute atomic E-state index is 0.286. The molecule has 0 fully saturated rings. The van der Waals surface area contributed by atoms with Crippen molar-refractivity contribution in [2.75, 3.05) is 21.3 Å². The Morgan fingerprint density at radius 3 is 2.50 bits per heavy atom. The van der Waals surface area contributed by atoms with Gasteiger partial charge in [-0.1, -0.05) is 0 Å². The zero-order valence-corrected chi connectivity index (χ0v) is 17.4. The normalized spacial score (nSPS) is 11.7. The van der Waals surface area contributed by atoms with Crippen molar-refractivity contribution in [2.24, 2.45) is 0 Å². The topological polar surface area (TPSA) is 77.0 Å². The molecule has 6 nitrogen and oxygen atoms in total. The summed E-state index contributed by atoms with van der Waals surface area (Å²) in [4.78, 5) is 14.4. The van der Waals surface area contributed by atoms with Gasteiger partial charge in [0.25, 0.3) is 5.91 Å². The van der Waals surface area contributed by atoms with Crippen molar-refractivity contribution in [1.82, 2.24) is 5.32 Å². The Labute approximate surface area is 171 Å². The van der Waals surface area contributed by atoms with Gasteiger partial charge in [-0.2, -0.15) is 11.3 Å². The molecule has 8 heteroatoms. The van der Waals surface area contributed by atoms with E-state index in [1.807, 2.05) is 29.0 Å². The van der Waals surface area contributed by atoms with Crippen molar-refractivity contribution >= 4 is 28.6 Å². The molecule has 1 amide bonds. The highest BCUT2D eigenvalue weighted by molar-refractivity contribution is 7.12. The number of carbonyl (C=O) groups is 1. The third-order valence-electron chi connectivity index (χ3n) is 4.18. The highest BCUT2D eigenvalue weighted by Gasteiger charge is 2.21. The monoisotopic (exact) mass is 419 g/mol. The van der Waals surface area contributed by atoms with Crippen molar-refractivity contribution in [3.63, 3.8) is 0 Å². The molecule has 148 valence electrons. The summed E-state index contributed by atoms with van der Waals surface area (Å²) in [7, 11) is 4.50. The molecule has 2 heterocycles. The van der Waals surface area contributed by atoms with Gasteiger partial charge in [0, 0.05) is 9.75 Å². The number of amides is 1. The Kier molecular flexibility index (Phi) is 6.56. The van der Waals surface area contributed by atoms with Crippen LogP contribution in [0.25, 0.3) is 0 Å². The largest absolute Gasteiger partial charge is 0.493 e. The summed E-state index contributed by atoms with van der Waals surface area (Å²) in [5.74, 6) is 0.890. The molecule has 0 aliphatic heterocycles. The number of carbonyl (C=O) groups excluding carboxylic acids is 1. The van der Waals surface area contributed by atoms with Crippen LogP contribution in [0.2, 0.25) is 0 Å². The lowest BCUT2D eigenvalue weighted by Gasteiger charge is -2.15. The summed E-state index contributed by atoms with van der Waals surface area (Å²) >= 11 is 3.01. The van der Waals surface area contributed by atoms with Crippen molar-refractivity contribution in [1.29, 1.82) is 0 Å². The van der Waals surface area contributed by atoms with Crippen LogP contribution in [0.4, 0.5) is 0 Å². The maximum absolute atomic E-state index is 12.7. The summed E-state index contributed by atoms with van der Waals surface area (Å²) in [6, 6.07) is 8.99. The molecule has 2 N–H and O–H groups in total. The van der Waals surface area contributed by atoms with Crippen molar-refractivity contribution in [3.8, 4) is 17.2 Å². The van der Waals surface area contributed by atoms with Crippen LogP contribution in [0.5, 0.6) is 17.2 Å². The minimum Gasteiger partial charge on any atom is -0.493 e. The molecule has 0 saturated carbocycles. The number of rotatable bonds is 8. The number of aliphatic hydroxyl groups excluding tert-OH is 1. The van der Waals surface area contributed by atoms with Crippen LogP contribution in [-0.4, -0.2) is 32.3 Å². The van der Waals surface area contributed by atoms with E-state index in [4.69, 9.17) is 14.2 Å². The number of thiophene rings is 2. The van der Waals surface area contributed by atoms with Crippen LogP contribution < -0.4 is 19.5 Å². The summed E-state index contributed by atoms with van der Waals surface area (Å²) in [6.07, 6.45) is -0.647. The van der Waals surface area contributed by atoms with E-state index < -0.39 is 6.10 Å². The molecule has 0 aliphatic rings. The Morgan fingerprint density at radius 1 is 1.07 bits per heavy atom. The van der Waals surface area contributed by atoms with Gasteiger partial charge in [0.2, 0.25) is 5.75 Å². The molecule has 0 bridgehead atoms. The quantitative estimate of drug-likeness (QED) is 0.580. The maximum atomic E-state index is 12.7. The zero-order chi connectivity index (χ0) is 20.1. The van der Waals surface area contributed by atoms with E-state index in [2.05, 4.69) is 5.32 Å². The zero-order valence-electron chi connectivity index (χ0n) is 15.7. The molecule has 0 spiro atoms. The summed E-state index contributed by atoms with van der Waals surface area (Å²) < 4.78 is 15.9. The lowest BCUT2D eigenvalue weighted by atomic mass is 10.1. The molecule has 0 radical (unpaired) electrons. The van der Waals surface area contributed by atoms with Gasteiger partial charge in [-0.05, 0) is 46.7 Å². The van der Waals surface area contributed by atoms with Crippen LogP contribution >= 0.6 is 22.7 Å². The number of hydrogen-bond donors (Lipinski definition) is 2. The van der Waals surface area contributed by atoms with E-state index in [9.17, 15) is 9.90 Å². The maximum Gasteiger partial charge on any atom is 0.255 e. The molecule has 2 aromatic heterocycles. The van der Waals surface area contributed by atoms with E-state index in [1.165, 1.54) is 32.7 Å². The number of aliphatic hydroxyl groups is 1. The van der Waals surface area contributed by atoms with E-state index in [-0.39, 0.29) is 5.91 Å². The molecular formula is C20H21NO5S2. The smallest absolute Gasteiger partial charge is 0.255 e. The Morgan fingerprint density at radius 2 is 1.86 bits per heavy atom. The van der Waals surface area contributed by atoms with Crippen molar-refractivity contribution in [2.45, 2.75) is 12.6 Å². The SMILES string of the molecule is COc1ccc(C(=O)NCc2ccc(C(O)c3ccsc3)s2)c(OC)c1OC. The van der Waals surface area contributed by atoms with E-state index in [1.54, 1.807) is 23.5 Å². The number of methoxy groups -OCH3 is 3. The fourth-order valence-electron chi connectivity index (χ4n) is 2.77. The molecule has 3 aromatic rings. The highest BCUT2D eigenvalue weighted by atomic mass is 32.1. The molecular weight excluding hydrogens is 398 g/mol. The van der Waals surface area contributed by atoms with Gasteiger partial charge >= 0.3 is 0 Å². The molecule has 0 saturated heterocycles. The van der Waals surface area contributed by atoms with Gasteiger partial charge in [0.05, 0.1) is 33.4 Å². The predicted molar refractivity (Wildman–Crippen MR) is 110 cm³/mol. The number of nitrogens with one attached hydrogen (secondary N) is 1. The fourth-order valence-corrected chi connectivity index (χ4v) is 4.42. The number of ether oxygens (including phenoxy) is 3. The molecule has 1 aromatic carbocycles. The molecule has 3 rings (SSSR count). The predicted octanol–water partition coefficient (Wildman–Crippen LogP) is 3.85. The van der Waals surface area contributed by atoms with Crippen molar-refractivity contribution < 1.29 is 24.1 Å². The van der Waals surface area contributed by atoms with Gasteiger partial charge in [-0.15, -0.1) is 11.3 Å². The third kappa shape index (κ3) is 4.14. The Balaban J connectivity index is 1.71. The van der Waals surface area contributed by atoms with Gasteiger partial charge in [0.1, 0.15) is 6.10 Å². The molecule has 0 aliphatic carbocycles. The second-order valence-electron chi connectivity index (χ2n) is 5.83. The number of hydrogen-bond acceptors (Lipinski definition) is 7. The standard InChI is InChI=1S/C20H21NO5S2/c1-24-15-6-5-14(18(25-2)19(15)26-3)20(23)21-10-13-4-7-16(28-13)17(22)12-8-9-27-11-12/h4-9,11,17,22H,10H2,1-3H3,(H,21,23). The minimum atomic E-state index is -0.647. The Bertz CT molecular complexity index is 936. The highest BCUT2D eigenvalue weighted by Crippen LogP contribution is 2.39. The second-order valence-corrected chi connectivity index (χ2v) is 7.81. The van der Waals surface area contributed by atoms with Crippen LogP contribution in [-0.2, 0) is 6.54 Å². The summed E-state index contributed by atoms with van der Waals surface area (Å²) in [6.45, 7) is 0.345. The van der Waals surface area contributed by atoms with Gasteiger partial charge in [-0.3, -0.25) is 4.79 Å². The second kappa shape index (κ2) is 9.09. The van der Waals surface area contributed by atoms with Crippen molar-refractivity contribution in [3.05, 3.63) is 62.0 Å². The molecule has 28 heavy (non-hydrogen) atoms. The first-order chi connectivity index (χ1) is 13.6. The van der Waals surface area contributed by atoms with Gasteiger partial charge in [-0.25, -0.2) is 0 Å². The van der Waals surface area contributed by atoms with Crippen LogP contribution in [0.3, 0.4) is 0 Å².